The highest BCUT2D eigenvalue weighted by Gasteiger charge is 2.19. The van der Waals surface area contributed by atoms with Gasteiger partial charge in [0, 0.05) is 10.9 Å². The number of nitrogens with one attached hydrogen (secondary N) is 1. The molecule has 27 heavy (non-hydrogen) atoms. The first-order valence-electron chi connectivity index (χ1n) is 8.44. The number of furan rings is 1. The van der Waals surface area contributed by atoms with Gasteiger partial charge in [-0.3, -0.25) is 10.1 Å². The summed E-state index contributed by atoms with van der Waals surface area (Å²) in [5, 5.41) is 4.13. The van der Waals surface area contributed by atoms with Crippen LogP contribution in [0.2, 0.25) is 0 Å². The number of nitrogens with zero attached hydrogens (tertiary/aromatic N) is 1. The predicted molar refractivity (Wildman–Crippen MR) is 104 cm³/mol. The van der Waals surface area contributed by atoms with Crippen LogP contribution in [0.15, 0.2) is 46.9 Å². The van der Waals surface area contributed by atoms with Crippen LogP contribution < -0.4 is 5.32 Å². The van der Waals surface area contributed by atoms with Gasteiger partial charge in [0.25, 0.3) is 5.91 Å². The van der Waals surface area contributed by atoms with Gasteiger partial charge in [-0.2, -0.15) is 0 Å². The number of carbonyl (C=O) groups excluding carboxylic acids is 2. The fraction of sp³-hybridized carbons (Fsp3) is 0.150. The predicted octanol–water partition coefficient (Wildman–Crippen LogP) is 4.78. The maximum absolute atomic E-state index is 12.6. The Morgan fingerprint density at radius 2 is 2.04 bits per heavy atom. The second-order valence-electron chi connectivity index (χ2n) is 5.93. The highest BCUT2D eigenvalue weighted by atomic mass is 32.1. The number of thiazole rings is 1. The monoisotopic (exact) mass is 380 g/mol. The van der Waals surface area contributed by atoms with E-state index in [0.29, 0.717) is 28.4 Å². The van der Waals surface area contributed by atoms with Crippen molar-refractivity contribution in [1.82, 2.24) is 4.98 Å². The van der Waals surface area contributed by atoms with Gasteiger partial charge in [0.15, 0.2) is 10.9 Å². The Labute approximate surface area is 158 Å². The quantitative estimate of drug-likeness (QED) is 0.515. The molecular formula is C20H16N2O4S. The first kappa shape index (κ1) is 17.2. The number of ether oxygens (including phenoxy) is 1. The van der Waals surface area contributed by atoms with E-state index in [0.717, 1.165) is 15.6 Å². The first-order chi connectivity index (χ1) is 13.1. The third-order valence-electron chi connectivity index (χ3n) is 4.17. The number of aromatic nitrogens is 1. The van der Waals surface area contributed by atoms with Crippen molar-refractivity contribution in [3.8, 4) is 0 Å². The molecule has 2 aromatic carbocycles. The molecule has 1 amide bonds. The van der Waals surface area contributed by atoms with Crippen LogP contribution in [-0.4, -0.2) is 23.5 Å². The van der Waals surface area contributed by atoms with E-state index in [4.69, 9.17) is 9.15 Å². The SMILES string of the molecule is CCOC(=O)c1ccc2nc(NC(=O)c3oc4ccccc4c3C)sc2c1. The molecule has 0 saturated heterocycles. The highest BCUT2D eigenvalue weighted by molar-refractivity contribution is 7.22. The minimum atomic E-state index is -0.378. The van der Waals surface area contributed by atoms with Gasteiger partial charge in [0.1, 0.15) is 5.58 Å². The second-order valence-corrected chi connectivity index (χ2v) is 6.96. The molecule has 7 heteroatoms. The minimum Gasteiger partial charge on any atom is -0.462 e. The van der Waals surface area contributed by atoms with E-state index in [1.807, 2.05) is 31.2 Å². The second kappa shape index (κ2) is 6.85. The topological polar surface area (TPSA) is 81.4 Å². The number of anilines is 1. The molecule has 1 N–H and O–H groups in total. The summed E-state index contributed by atoms with van der Waals surface area (Å²) in [5.41, 5.74) is 2.61. The summed E-state index contributed by atoms with van der Waals surface area (Å²) in [4.78, 5) is 28.9. The average molecular weight is 380 g/mol. The Morgan fingerprint density at radius 1 is 1.22 bits per heavy atom. The van der Waals surface area contributed by atoms with Crippen LogP contribution in [0.4, 0.5) is 5.13 Å². The van der Waals surface area contributed by atoms with Crippen LogP contribution in [0.1, 0.15) is 33.4 Å². The van der Waals surface area contributed by atoms with Gasteiger partial charge >= 0.3 is 5.97 Å². The van der Waals surface area contributed by atoms with Gasteiger partial charge in [-0.15, -0.1) is 0 Å². The Morgan fingerprint density at radius 3 is 2.81 bits per heavy atom. The van der Waals surface area contributed by atoms with Crippen molar-refractivity contribution >= 4 is 49.5 Å². The fourth-order valence-electron chi connectivity index (χ4n) is 2.86. The van der Waals surface area contributed by atoms with Crippen LogP contribution in [0.3, 0.4) is 0 Å². The molecule has 0 spiro atoms. The van der Waals surface area contributed by atoms with Gasteiger partial charge in [-0.05, 0) is 38.1 Å². The molecule has 4 aromatic rings. The van der Waals surface area contributed by atoms with Crippen molar-refractivity contribution in [2.24, 2.45) is 0 Å². The molecule has 2 heterocycles. The lowest BCUT2D eigenvalue weighted by Gasteiger charge is -2.00. The average Bonchev–Trinajstić information content (AvgIpc) is 3.22. The van der Waals surface area contributed by atoms with Crippen LogP contribution in [0, 0.1) is 6.92 Å². The van der Waals surface area contributed by atoms with Crippen LogP contribution >= 0.6 is 11.3 Å². The number of carbonyl (C=O) groups is 2. The van der Waals surface area contributed by atoms with E-state index in [1.54, 1.807) is 25.1 Å². The van der Waals surface area contributed by atoms with E-state index < -0.39 is 0 Å². The molecule has 0 aliphatic rings. The molecule has 0 aliphatic heterocycles. The zero-order valence-electron chi connectivity index (χ0n) is 14.7. The molecule has 0 saturated carbocycles. The van der Waals surface area contributed by atoms with Crippen LogP contribution in [0.5, 0.6) is 0 Å². The van der Waals surface area contributed by atoms with Crippen LogP contribution in [-0.2, 0) is 4.74 Å². The molecule has 0 radical (unpaired) electrons. The molecule has 2 aromatic heterocycles. The number of amides is 1. The number of aryl methyl sites for hydroxylation is 1. The summed E-state index contributed by atoms with van der Waals surface area (Å²) in [6.07, 6.45) is 0. The molecular weight excluding hydrogens is 364 g/mol. The molecule has 136 valence electrons. The number of hydrogen-bond donors (Lipinski definition) is 1. The zero-order chi connectivity index (χ0) is 19.0. The largest absolute Gasteiger partial charge is 0.462 e. The molecule has 0 fully saturated rings. The Hall–Kier alpha value is -3.19. The van der Waals surface area contributed by atoms with Crippen LogP contribution in [0.25, 0.3) is 21.2 Å². The Balaban J connectivity index is 1.61. The number of para-hydroxylation sites is 1. The summed E-state index contributed by atoms with van der Waals surface area (Å²) < 4.78 is 11.5. The zero-order valence-corrected chi connectivity index (χ0v) is 15.6. The van der Waals surface area contributed by atoms with Crippen molar-refractivity contribution in [2.75, 3.05) is 11.9 Å². The lowest BCUT2D eigenvalue weighted by Crippen LogP contribution is -2.11. The summed E-state index contributed by atoms with van der Waals surface area (Å²) in [6, 6.07) is 12.6. The summed E-state index contributed by atoms with van der Waals surface area (Å²) in [6.45, 7) is 3.93. The normalized spacial score (nSPS) is 11.0. The van der Waals surface area contributed by atoms with Crippen molar-refractivity contribution < 1.29 is 18.7 Å². The van der Waals surface area contributed by atoms with E-state index in [2.05, 4.69) is 10.3 Å². The van der Waals surface area contributed by atoms with E-state index in [9.17, 15) is 9.59 Å². The molecule has 0 bridgehead atoms. The first-order valence-corrected chi connectivity index (χ1v) is 9.25. The minimum absolute atomic E-state index is 0.266. The van der Waals surface area contributed by atoms with E-state index >= 15 is 0 Å². The third kappa shape index (κ3) is 3.17. The van der Waals surface area contributed by atoms with Gasteiger partial charge in [-0.1, -0.05) is 29.5 Å². The maximum Gasteiger partial charge on any atom is 0.338 e. The summed E-state index contributed by atoms with van der Waals surface area (Å²) >= 11 is 1.29. The van der Waals surface area contributed by atoms with Gasteiger partial charge < -0.3 is 9.15 Å². The smallest absolute Gasteiger partial charge is 0.338 e. The Kier molecular flexibility index (Phi) is 4.37. The molecule has 0 aliphatic carbocycles. The standard InChI is InChI=1S/C20H16N2O4S/c1-3-25-19(24)12-8-9-14-16(10-12)27-20(21-14)22-18(23)17-11(2)13-6-4-5-7-15(13)26-17/h4-10H,3H2,1-2H3,(H,21,22,23). The number of fused-ring (bicyclic) bond motifs is 2. The molecule has 4 rings (SSSR count). The van der Waals surface area contributed by atoms with E-state index in [-0.39, 0.29) is 17.6 Å². The fourth-order valence-corrected chi connectivity index (χ4v) is 3.76. The summed E-state index contributed by atoms with van der Waals surface area (Å²) in [7, 11) is 0. The highest BCUT2D eigenvalue weighted by Crippen LogP contribution is 2.29. The van der Waals surface area contributed by atoms with Gasteiger partial charge in [-0.25, -0.2) is 9.78 Å². The maximum atomic E-state index is 12.6. The van der Waals surface area contributed by atoms with Gasteiger partial charge in [0.2, 0.25) is 0 Å². The number of rotatable bonds is 4. The third-order valence-corrected chi connectivity index (χ3v) is 5.10. The number of benzene rings is 2. The van der Waals surface area contributed by atoms with Crippen molar-refractivity contribution in [2.45, 2.75) is 13.8 Å². The molecule has 0 atom stereocenters. The van der Waals surface area contributed by atoms with Crippen molar-refractivity contribution in [1.29, 1.82) is 0 Å². The molecule has 0 unspecified atom stereocenters. The van der Waals surface area contributed by atoms with Crippen molar-refractivity contribution in [3.05, 3.63) is 59.4 Å². The summed E-state index contributed by atoms with van der Waals surface area (Å²) in [5.74, 6) is -0.465. The number of esters is 1. The van der Waals surface area contributed by atoms with Crippen molar-refractivity contribution in [3.63, 3.8) is 0 Å². The number of hydrogen-bond acceptors (Lipinski definition) is 6. The lowest BCUT2D eigenvalue weighted by atomic mass is 10.1. The lowest BCUT2D eigenvalue weighted by molar-refractivity contribution is 0.0526. The van der Waals surface area contributed by atoms with Gasteiger partial charge in [0.05, 0.1) is 22.4 Å². The van der Waals surface area contributed by atoms with E-state index in [1.165, 1.54) is 11.3 Å². The molecule has 6 nitrogen and oxygen atoms in total. The Bertz CT molecular complexity index is 1180.